The highest BCUT2D eigenvalue weighted by Gasteiger charge is 2.23. The average Bonchev–Trinajstić information content (AvgIpc) is 3.29. The molecule has 0 saturated carbocycles. The summed E-state index contributed by atoms with van der Waals surface area (Å²) in [7, 11) is 0. The Kier molecular flexibility index (Phi) is 4.11. The summed E-state index contributed by atoms with van der Waals surface area (Å²) in [6, 6.07) is 15.4. The van der Waals surface area contributed by atoms with Crippen LogP contribution in [0.2, 0.25) is 0 Å². The van der Waals surface area contributed by atoms with Crippen LogP contribution in [0.15, 0.2) is 48.5 Å². The van der Waals surface area contributed by atoms with E-state index >= 15 is 0 Å². The van der Waals surface area contributed by atoms with Gasteiger partial charge in [0, 0.05) is 5.56 Å². The van der Waals surface area contributed by atoms with Gasteiger partial charge in [-0.2, -0.15) is 0 Å². The van der Waals surface area contributed by atoms with Crippen LogP contribution in [0.4, 0.5) is 0 Å². The van der Waals surface area contributed by atoms with Gasteiger partial charge in [-0.25, -0.2) is 9.78 Å². The fraction of sp³-hybridized carbons (Fsp3) is 0.158. The van der Waals surface area contributed by atoms with E-state index in [9.17, 15) is 4.79 Å². The van der Waals surface area contributed by atoms with Crippen LogP contribution in [-0.2, 0) is 4.74 Å². The Labute approximate surface area is 148 Å². The number of carbonyl (C=O) groups excluding carboxylic acids is 1. The lowest BCUT2D eigenvalue weighted by Crippen LogP contribution is -2.06. The summed E-state index contributed by atoms with van der Waals surface area (Å²) in [5.41, 5.74) is 2.14. The summed E-state index contributed by atoms with van der Waals surface area (Å²) in [6.45, 7) is 2.29. The molecule has 2 heterocycles. The molecule has 1 aliphatic heterocycles. The number of fused-ring (bicyclic) bond motifs is 1. The summed E-state index contributed by atoms with van der Waals surface area (Å²) < 4.78 is 16.0. The fourth-order valence-corrected chi connectivity index (χ4v) is 3.65. The molecule has 4 rings (SSSR count). The lowest BCUT2D eigenvalue weighted by molar-refractivity contribution is 0.0521. The summed E-state index contributed by atoms with van der Waals surface area (Å²) in [4.78, 5) is 17.7. The number of ether oxygens (including phenoxy) is 3. The van der Waals surface area contributed by atoms with Gasteiger partial charge in [0.15, 0.2) is 17.2 Å². The van der Waals surface area contributed by atoms with Gasteiger partial charge in [0.05, 0.1) is 11.5 Å². The van der Waals surface area contributed by atoms with E-state index in [1.54, 1.807) is 6.92 Å². The molecule has 0 unspecified atom stereocenters. The number of thiazole rings is 1. The SMILES string of the molecule is CCOC(=O)c1nc(-c2ccccc2)sc1-c1ccc2c(c1)OCO2. The van der Waals surface area contributed by atoms with Gasteiger partial charge in [-0.1, -0.05) is 30.3 Å². The number of esters is 1. The smallest absolute Gasteiger partial charge is 0.358 e. The minimum absolute atomic E-state index is 0.210. The van der Waals surface area contributed by atoms with Crippen LogP contribution in [0.25, 0.3) is 21.0 Å². The van der Waals surface area contributed by atoms with Crippen molar-refractivity contribution in [1.29, 1.82) is 0 Å². The maximum atomic E-state index is 12.4. The molecule has 0 N–H and O–H groups in total. The molecule has 5 nitrogen and oxygen atoms in total. The predicted molar refractivity (Wildman–Crippen MR) is 95.1 cm³/mol. The molecule has 0 spiro atoms. The van der Waals surface area contributed by atoms with Crippen LogP contribution in [0.1, 0.15) is 17.4 Å². The molecule has 126 valence electrons. The van der Waals surface area contributed by atoms with Gasteiger partial charge in [-0.3, -0.25) is 0 Å². The van der Waals surface area contributed by atoms with Crippen molar-refractivity contribution >= 4 is 17.3 Å². The average molecular weight is 353 g/mol. The number of nitrogens with zero attached hydrogens (tertiary/aromatic N) is 1. The number of hydrogen-bond acceptors (Lipinski definition) is 6. The van der Waals surface area contributed by atoms with Crippen LogP contribution in [0.5, 0.6) is 11.5 Å². The second kappa shape index (κ2) is 6.57. The second-order valence-electron chi connectivity index (χ2n) is 5.35. The maximum absolute atomic E-state index is 12.4. The fourth-order valence-electron chi connectivity index (χ4n) is 2.60. The lowest BCUT2D eigenvalue weighted by atomic mass is 10.1. The zero-order valence-electron chi connectivity index (χ0n) is 13.5. The van der Waals surface area contributed by atoms with Crippen molar-refractivity contribution in [3.63, 3.8) is 0 Å². The third-order valence-corrected chi connectivity index (χ3v) is 4.90. The maximum Gasteiger partial charge on any atom is 0.358 e. The Hall–Kier alpha value is -2.86. The van der Waals surface area contributed by atoms with Crippen molar-refractivity contribution in [2.24, 2.45) is 0 Å². The zero-order valence-corrected chi connectivity index (χ0v) is 14.3. The van der Waals surface area contributed by atoms with Crippen molar-refractivity contribution in [2.75, 3.05) is 13.4 Å². The molecule has 2 aromatic carbocycles. The zero-order chi connectivity index (χ0) is 17.2. The molecule has 0 saturated heterocycles. The van der Waals surface area contributed by atoms with Crippen LogP contribution in [0.3, 0.4) is 0 Å². The first-order valence-corrected chi connectivity index (χ1v) is 8.71. The number of carbonyl (C=O) groups is 1. The first-order chi connectivity index (χ1) is 12.3. The Morgan fingerprint density at radius 3 is 2.72 bits per heavy atom. The number of benzene rings is 2. The Morgan fingerprint density at radius 1 is 1.12 bits per heavy atom. The van der Waals surface area contributed by atoms with E-state index in [-0.39, 0.29) is 6.79 Å². The highest BCUT2D eigenvalue weighted by Crippen LogP contribution is 2.41. The first-order valence-electron chi connectivity index (χ1n) is 7.89. The Bertz CT molecular complexity index is 920. The van der Waals surface area contributed by atoms with Crippen LogP contribution in [-0.4, -0.2) is 24.4 Å². The van der Waals surface area contributed by atoms with Crippen molar-refractivity contribution < 1.29 is 19.0 Å². The van der Waals surface area contributed by atoms with E-state index < -0.39 is 5.97 Å². The van der Waals surface area contributed by atoms with Crippen LogP contribution < -0.4 is 9.47 Å². The summed E-state index contributed by atoms with van der Waals surface area (Å²) >= 11 is 1.46. The van der Waals surface area contributed by atoms with Gasteiger partial charge < -0.3 is 14.2 Å². The summed E-state index contributed by atoms with van der Waals surface area (Å²) in [6.07, 6.45) is 0. The van der Waals surface area contributed by atoms with Gasteiger partial charge >= 0.3 is 5.97 Å². The molecule has 0 radical (unpaired) electrons. The Morgan fingerprint density at radius 2 is 1.92 bits per heavy atom. The summed E-state index contributed by atoms with van der Waals surface area (Å²) in [5, 5.41) is 0.774. The highest BCUT2D eigenvalue weighted by molar-refractivity contribution is 7.18. The van der Waals surface area contributed by atoms with Crippen molar-refractivity contribution in [3.05, 3.63) is 54.2 Å². The molecule has 0 atom stereocenters. The molecule has 6 heteroatoms. The minimum Gasteiger partial charge on any atom is -0.461 e. The van der Waals surface area contributed by atoms with Crippen LogP contribution in [0, 0.1) is 0 Å². The standard InChI is InChI=1S/C19H15NO4S/c1-2-22-19(21)16-17(13-8-9-14-15(10-13)24-11-23-14)25-18(20-16)12-6-4-3-5-7-12/h3-10H,2,11H2,1H3. The topological polar surface area (TPSA) is 57.7 Å². The quantitative estimate of drug-likeness (QED) is 0.652. The predicted octanol–water partition coefficient (Wildman–Crippen LogP) is 4.38. The van der Waals surface area contributed by atoms with E-state index in [2.05, 4.69) is 4.98 Å². The molecule has 1 aromatic heterocycles. The third kappa shape index (κ3) is 2.96. The molecule has 0 bridgehead atoms. The number of rotatable bonds is 4. The molecule has 3 aromatic rings. The van der Waals surface area contributed by atoms with E-state index in [0.29, 0.717) is 23.8 Å². The lowest BCUT2D eigenvalue weighted by Gasteiger charge is -2.03. The molecule has 25 heavy (non-hydrogen) atoms. The first kappa shape index (κ1) is 15.7. The largest absolute Gasteiger partial charge is 0.461 e. The van der Waals surface area contributed by atoms with Gasteiger partial charge in [-0.15, -0.1) is 11.3 Å². The molecule has 1 aliphatic rings. The van der Waals surface area contributed by atoms with Crippen molar-refractivity contribution in [3.8, 4) is 32.5 Å². The molecular formula is C19H15NO4S. The Balaban J connectivity index is 1.82. The highest BCUT2D eigenvalue weighted by atomic mass is 32.1. The van der Waals surface area contributed by atoms with Crippen molar-refractivity contribution in [2.45, 2.75) is 6.92 Å². The monoisotopic (exact) mass is 353 g/mol. The van der Waals surface area contributed by atoms with Gasteiger partial charge in [0.1, 0.15) is 5.01 Å². The molecule has 0 fully saturated rings. The summed E-state index contributed by atoms with van der Waals surface area (Å²) in [5.74, 6) is 0.949. The van der Waals surface area contributed by atoms with Gasteiger partial charge in [0.2, 0.25) is 6.79 Å². The third-order valence-electron chi connectivity index (χ3n) is 3.75. The van der Waals surface area contributed by atoms with E-state index in [1.165, 1.54) is 11.3 Å². The molecule has 0 aliphatic carbocycles. The molecule has 0 amide bonds. The number of aromatic nitrogens is 1. The van der Waals surface area contributed by atoms with E-state index in [1.807, 2.05) is 48.5 Å². The van der Waals surface area contributed by atoms with Gasteiger partial charge in [-0.05, 0) is 30.7 Å². The molecular weight excluding hydrogens is 338 g/mol. The van der Waals surface area contributed by atoms with E-state index in [0.717, 1.165) is 21.0 Å². The van der Waals surface area contributed by atoms with Gasteiger partial charge in [0.25, 0.3) is 0 Å². The number of hydrogen-bond donors (Lipinski definition) is 0. The normalized spacial score (nSPS) is 12.2. The minimum atomic E-state index is -0.423. The van der Waals surface area contributed by atoms with E-state index in [4.69, 9.17) is 14.2 Å². The second-order valence-corrected chi connectivity index (χ2v) is 6.35. The van der Waals surface area contributed by atoms with Crippen LogP contribution >= 0.6 is 11.3 Å². The van der Waals surface area contributed by atoms with Crippen molar-refractivity contribution in [1.82, 2.24) is 4.98 Å².